The number of fused-ring (bicyclic) bond motifs is 1. The Morgan fingerprint density at radius 1 is 1.43 bits per heavy atom. The van der Waals surface area contributed by atoms with Gasteiger partial charge >= 0.3 is 0 Å². The quantitative estimate of drug-likeness (QED) is 0.704. The lowest BCUT2D eigenvalue weighted by Gasteiger charge is -2.00. The van der Waals surface area contributed by atoms with Crippen molar-refractivity contribution >= 4 is 16.8 Å². The van der Waals surface area contributed by atoms with E-state index in [0.29, 0.717) is 5.56 Å². The molecule has 72 valence electrons. The number of nitrogens with one attached hydrogen (secondary N) is 2. The molecule has 0 bridgehead atoms. The lowest BCUT2D eigenvalue weighted by Crippen LogP contribution is -2.17. The van der Waals surface area contributed by atoms with Crippen molar-refractivity contribution in [1.29, 1.82) is 0 Å². The molecule has 0 saturated carbocycles. The van der Waals surface area contributed by atoms with Crippen LogP contribution in [0.25, 0.3) is 10.9 Å². The summed E-state index contributed by atoms with van der Waals surface area (Å²) in [6.45, 7) is 1.98. The molecule has 0 radical (unpaired) electrons. The Balaban J connectivity index is 2.70. The van der Waals surface area contributed by atoms with Crippen molar-refractivity contribution in [2.24, 2.45) is 0 Å². The Bertz CT molecular complexity index is 485. The lowest BCUT2D eigenvalue weighted by atomic mass is 10.1. The number of aryl methyl sites for hydroxylation is 1. The lowest BCUT2D eigenvalue weighted by molar-refractivity contribution is 0.0965. The number of hydrogen-bond acceptors (Lipinski definition) is 1. The van der Waals surface area contributed by atoms with Gasteiger partial charge in [0.2, 0.25) is 0 Å². The molecule has 2 rings (SSSR count). The third-order valence-corrected chi connectivity index (χ3v) is 2.27. The highest BCUT2D eigenvalue weighted by atomic mass is 16.1. The minimum atomic E-state index is -0.0467. The van der Waals surface area contributed by atoms with E-state index in [9.17, 15) is 4.79 Å². The van der Waals surface area contributed by atoms with Crippen LogP contribution in [0.3, 0.4) is 0 Å². The third-order valence-electron chi connectivity index (χ3n) is 2.27. The maximum absolute atomic E-state index is 11.5. The SMILES string of the molecule is CNC(=O)c1cccc2[nH]c(C)cc12. The highest BCUT2D eigenvalue weighted by Gasteiger charge is 2.08. The predicted molar refractivity (Wildman–Crippen MR) is 56.4 cm³/mol. The van der Waals surface area contributed by atoms with E-state index < -0.39 is 0 Å². The van der Waals surface area contributed by atoms with Crippen LogP contribution in [0.2, 0.25) is 0 Å². The van der Waals surface area contributed by atoms with Crippen LogP contribution in [0.15, 0.2) is 24.3 Å². The first kappa shape index (κ1) is 8.81. The smallest absolute Gasteiger partial charge is 0.251 e. The van der Waals surface area contributed by atoms with Crippen LogP contribution in [0.4, 0.5) is 0 Å². The maximum Gasteiger partial charge on any atom is 0.251 e. The normalized spacial score (nSPS) is 10.4. The van der Waals surface area contributed by atoms with Crippen LogP contribution in [0.5, 0.6) is 0 Å². The van der Waals surface area contributed by atoms with E-state index in [1.165, 1.54) is 0 Å². The number of H-pyrrole nitrogens is 1. The highest BCUT2D eigenvalue weighted by molar-refractivity contribution is 6.06. The van der Waals surface area contributed by atoms with Crippen LogP contribution >= 0.6 is 0 Å². The van der Waals surface area contributed by atoms with Gasteiger partial charge in [-0.25, -0.2) is 0 Å². The van der Waals surface area contributed by atoms with Gasteiger partial charge in [0.25, 0.3) is 5.91 Å². The maximum atomic E-state index is 11.5. The summed E-state index contributed by atoms with van der Waals surface area (Å²) in [7, 11) is 1.64. The van der Waals surface area contributed by atoms with Crippen molar-refractivity contribution in [3.05, 3.63) is 35.5 Å². The van der Waals surface area contributed by atoms with Crippen molar-refractivity contribution in [1.82, 2.24) is 10.3 Å². The van der Waals surface area contributed by atoms with Crippen LogP contribution < -0.4 is 5.32 Å². The molecule has 1 aromatic heterocycles. The molecule has 0 atom stereocenters. The number of hydrogen-bond donors (Lipinski definition) is 2. The van der Waals surface area contributed by atoms with Crippen molar-refractivity contribution in [3.8, 4) is 0 Å². The van der Waals surface area contributed by atoms with Crippen molar-refractivity contribution < 1.29 is 4.79 Å². The summed E-state index contributed by atoms with van der Waals surface area (Å²) in [5.41, 5.74) is 2.79. The van der Waals surface area contributed by atoms with Gasteiger partial charge in [-0.15, -0.1) is 0 Å². The van der Waals surface area contributed by atoms with E-state index in [1.54, 1.807) is 7.05 Å². The Hall–Kier alpha value is -1.77. The summed E-state index contributed by atoms with van der Waals surface area (Å²) in [6, 6.07) is 7.66. The molecular formula is C11H12N2O. The van der Waals surface area contributed by atoms with Gasteiger partial charge in [0.05, 0.1) is 0 Å². The standard InChI is InChI=1S/C11H12N2O/c1-7-6-9-8(11(14)12-2)4-3-5-10(9)13-7/h3-6,13H,1-2H3,(H,12,14). The summed E-state index contributed by atoms with van der Waals surface area (Å²) < 4.78 is 0. The topological polar surface area (TPSA) is 44.9 Å². The van der Waals surface area contributed by atoms with Crippen molar-refractivity contribution in [3.63, 3.8) is 0 Å². The van der Waals surface area contributed by atoms with E-state index in [4.69, 9.17) is 0 Å². The van der Waals surface area contributed by atoms with Crippen molar-refractivity contribution in [2.75, 3.05) is 7.05 Å². The molecule has 0 aliphatic rings. The molecule has 3 heteroatoms. The largest absolute Gasteiger partial charge is 0.359 e. The Kier molecular flexibility index (Phi) is 2.00. The summed E-state index contributed by atoms with van der Waals surface area (Å²) in [4.78, 5) is 14.7. The zero-order valence-corrected chi connectivity index (χ0v) is 8.22. The van der Waals surface area contributed by atoms with E-state index in [1.807, 2.05) is 31.2 Å². The summed E-state index contributed by atoms with van der Waals surface area (Å²) in [5.74, 6) is -0.0467. The minimum Gasteiger partial charge on any atom is -0.359 e. The molecule has 2 aromatic rings. The molecule has 0 fully saturated rings. The van der Waals surface area contributed by atoms with Gasteiger partial charge < -0.3 is 10.3 Å². The number of aromatic nitrogens is 1. The van der Waals surface area contributed by atoms with E-state index in [0.717, 1.165) is 16.6 Å². The van der Waals surface area contributed by atoms with Gasteiger partial charge in [-0.2, -0.15) is 0 Å². The summed E-state index contributed by atoms with van der Waals surface area (Å²) >= 11 is 0. The number of carbonyl (C=O) groups is 1. The zero-order valence-electron chi connectivity index (χ0n) is 8.22. The van der Waals surface area contributed by atoms with Crippen LogP contribution in [0.1, 0.15) is 16.1 Å². The first-order valence-corrected chi connectivity index (χ1v) is 4.53. The fraction of sp³-hybridized carbons (Fsp3) is 0.182. The number of amides is 1. The second kappa shape index (κ2) is 3.18. The van der Waals surface area contributed by atoms with Gasteiger partial charge in [-0.05, 0) is 25.1 Å². The number of rotatable bonds is 1. The fourth-order valence-corrected chi connectivity index (χ4v) is 1.63. The van der Waals surface area contributed by atoms with Gasteiger partial charge in [-0.1, -0.05) is 6.07 Å². The number of carbonyl (C=O) groups excluding carboxylic acids is 1. The van der Waals surface area contributed by atoms with E-state index in [-0.39, 0.29) is 5.91 Å². The summed E-state index contributed by atoms with van der Waals surface area (Å²) in [5, 5.41) is 3.61. The third kappa shape index (κ3) is 1.27. The van der Waals surface area contributed by atoms with Crippen LogP contribution in [0, 0.1) is 6.92 Å². The molecule has 2 N–H and O–H groups in total. The highest BCUT2D eigenvalue weighted by Crippen LogP contribution is 2.19. The van der Waals surface area contributed by atoms with Gasteiger partial charge in [0.1, 0.15) is 0 Å². The number of aromatic amines is 1. The fourth-order valence-electron chi connectivity index (χ4n) is 1.63. The van der Waals surface area contributed by atoms with Gasteiger partial charge in [0, 0.05) is 29.2 Å². The molecule has 1 amide bonds. The minimum absolute atomic E-state index is 0.0467. The number of benzene rings is 1. The van der Waals surface area contributed by atoms with Gasteiger partial charge in [0.15, 0.2) is 0 Å². The molecule has 0 aliphatic heterocycles. The second-order valence-electron chi connectivity index (χ2n) is 3.30. The van der Waals surface area contributed by atoms with Gasteiger partial charge in [-0.3, -0.25) is 4.79 Å². The predicted octanol–water partition coefficient (Wildman–Crippen LogP) is 1.84. The molecule has 0 unspecified atom stereocenters. The molecule has 0 spiro atoms. The molecule has 1 heterocycles. The van der Waals surface area contributed by atoms with Crippen molar-refractivity contribution in [2.45, 2.75) is 6.92 Å². The second-order valence-corrected chi connectivity index (χ2v) is 3.30. The van der Waals surface area contributed by atoms with Crippen LogP contribution in [-0.4, -0.2) is 17.9 Å². The molecule has 0 saturated heterocycles. The van der Waals surface area contributed by atoms with E-state index >= 15 is 0 Å². The van der Waals surface area contributed by atoms with Crippen LogP contribution in [-0.2, 0) is 0 Å². The Morgan fingerprint density at radius 3 is 2.93 bits per heavy atom. The average Bonchev–Trinajstić information content (AvgIpc) is 2.56. The molecule has 14 heavy (non-hydrogen) atoms. The monoisotopic (exact) mass is 188 g/mol. The Labute approximate surface area is 82.1 Å². The molecule has 1 aromatic carbocycles. The van der Waals surface area contributed by atoms with E-state index in [2.05, 4.69) is 10.3 Å². The Morgan fingerprint density at radius 2 is 2.21 bits per heavy atom. The molecular weight excluding hydrogens is 176 g/mol. The zero-order chi connectivity index (χ0) is 10.1. The average molecular weight is 188 g/mol. The molecule has 3 nitrogen and oxygen atoms in total. The molecule has 0 aliphatic carbocycles. The summed E-state index contributed by atoms with van der Waals surface area (Å²) in [6.07, 6.45) is 0. The first-order chi connectivity index (χ1) is 6.72. The first-order valence-electron chi connectivity index (χ1n) is 4.53.